The second kappa shape index (κ2) is 5.96. The highest BCUT2D eigenvalue weighted by atomic mass is 19.1. The maximum Gasteiger partial charge on any atom is 0.335 e. The molecule has 0 aromatic heterocycles. The van der Waals surface area contributed by atoms with Gasteiger partial charge in [0.2, 0.25) is 0 Å². The van der Waals surface area contributed by atoms with Gasteiger partial charge in [0.25, 0.3) is 0 Å². The number of hydrogen-bond acceptors (Lipinski definition) is 2. The lowest BCUT2D eigenvalue weighted by Crippen LogP contribution is -2.24. The van der Waals surface area contributed by atoms with Gasteiger partial charge < -0.3 is 5.11 Å². The Morgan fingerprint density at radius 1 is 1.22 bits per heavy atom. The molecule has 0 spiro atoms. The van der Waals surface area contributed by atoms with E-state index in [4.69, 9.17) is 5.11 Å². The summed E-state index contributed by atoms with van der Waals surface area (Å²) in [6.45, 7) is 2.44. The molecule has 1 saturated heterocycles. The minimum absolute atomic E-state index is 0.154. The van der Waals surface area contributed by atoms with Gasteiger partial charge >= 0.3 is 5.97 Å². The highest BCUT2D eigenvalue weighted by Gasteiger charge is 2.13. The third-order valence-electron chi connectivity index (χ3n) is 3.39. The van der Waals surface area contributed by atoms with Crippen LogP contribution in [0.4, 0.5) is 4.39 Å². The van der Waals surface area contributed by atoms with E-state index in [2.05, 4.69) is 4.90 Å². The molecule has 98 valence electrons. The largest absolute Gasteiger partial charge is 0.478 e. The summed E-state index contributed by atoms with van der Waals surface area (Å²) in [5.74, 6) is -1.32. The van der Waals surface area contributed by atoms with Crippen LogP contribution in [0.3, 0.4) is 0 Å². The Morgan fingerprint density at radius 2 is 1.89 bits per heavy atom. The van der Waals surface area contributed by atoms with Crippen molar-refractivity contribution >= 4 is 5.97 Å². The van der Waals surface area contributed by atoms with Crippen molar-refractivity contribution in [2.45, 2.75) is 32.2 Å². The maximum atomic E-state index is 13.7. The Kier molecular flexibility index (Phi) is 4.31. The summed E-state index contributed by atoms with van der Waals surface area (Å²) in [5.41, 5.74) is 0.637. The summed E-state index contributed by atoms with van der Waals surface area (Å²) in [6.07, 6.45) is 4.74. The number of carboxylic acid groups (broad SMARTS) is 1. The van der Waals surface area contributed by atoms with Gasteiger partial charge in [0.1, 0.15) is 5.82 Å². The fraction of sp³-hybridized carbons (Fsp3) is 0.500. The lowest BCUT2D eigenvalue weighted by molar-refractivity contribution is 0.0696. The Bertz CT molecular complexity index is 426. The van der Waals surface area contributed by atoms with Crippen molar-refractivity contribution in [2.24, 2.45) is 0 Å². The fourth-order valence-electron chi connectivity index (χ4n) is 2.36. The van der Waals surface area contributed by atoms with Crippen LogP contribution in [0.1, 0.15) is 41.6 Å². The summed E-state index contributed by atoms with van der Waals surface area (Å²) in [6, 6.07) is 4.00. The molecule has 1 fully saturated rings. The van der Waals surface area contributed by atoms with Crippen LogP contribution in [0.2, 0.25) is 0 Å². The van der Waals surface area contributed by atoms with Gasteiger partial charge in [-0.05, 0) is 44.1 Å². The number of aromatic carboxylic acids is 1. The number of rotatable bonds is 3. The molecule has 1 aliphatic rings. The first-order valence-corrected chi connectivity index (χ1v) is 6.41. The van der Waals surface area contributed by atoms with Gasteiger partial charge in [0, 0.05) is 12.1 Å². The number of carbonyl (C=O) groups is 1. The molecule has 1 aliphatic heterocycles. The first kappa shape index (κ1) is 13.0. The van der Waals surface area contributed by atoms with Crippen LogP contribution in [0.25, 0.3) is 0 Å². The van der Waals surface area contributed by atoms with E-state index < -0.39 is 5.97 Å². The first-order chi connectivity index (χ1) is 8.66. The molecule has 0 amide bonds. The molecule has 0 atom stereocenters. The number of halogens is 1. The number of likely N-dealkylation sites (tertiary alicyclic amines) is 1. The van der Waals surface area contributed by atoms with E-state index in [1.807, 2.05) is 0 Å². The molecule has 1 N–H and O–H groups in total. The molecule has 4 heteroatoms. The third kappa shape index (κ3) is 3.29. The smallest absolute Gasteiger partial charge is 0.335 e. The Morgan fingerprint density at radius 3 is 2.50 bits per heavy atom. The Hall–Kier alpha value is -1.42. The van der Waals surface area contributed by atoms with Gasteiger partial charge in [0.05, 0.1) is 5.56 Å². The highest BCUT2D eigenvalue weighted by molar-refractivity contribution is 5.87. The number of nitrogens with zero attached hydrogens (tertiary/aromatic N) is 1. The second-order valence-corrected chi connectivity index (χ2v) is 4.80. The molecule has 0 aliphatic carbocycles. The average molecular weight is 251 g/mol. The summed E-state index contributed by atoms with van der Waals surface area (Å²) >= 11 is 0. The molecular weight excluding hydrogens is 233 g/mol. The predicted octanol–water partition coefficient (Wildman–Crippen LogP) is 2.90. The minimum atomic E-state index is -1.01. The molecule has 1 heterocycles. The summed E-state index contributed by atoms with van der Waals surface area (Å²) in [7, 11) is 0. The quantitative estimate of drug-likeness (QED) is 0.898. The molecule has 2 rings (SSSR count). The van der Waals surface area contributed by atoms with E-state index in [1.165, 1.54) is 31.0 Å². The van der Waals surface area contributed by atoms with Crippen LogP contribution in [0, 0.1) is 5.82 Å². The van der Waals surface area contributed by atoms with Crippen molar-refractivity contribution in [3.8, 4) is 0 Å². The van der Waals surface area contributed by atoms with Crippen LogP contribution in [-0.4, -0.2) is 29.1 Å². The van der Waals surface area contributed by atoms with E-state index in [9.17, 15) is 9.18 Å². The number of benzene rings is 1. The van der Waals surface area contributed by atoms with Gasteiger partial charge in [-0.15, -0.1) is 0 Å². The second-order valence-electron chi connectivity index (χ2n) is 4.80. The van der Waals surface area contributed by atoms with E-state index in [0.717, 1.165) is 25.9 Å². The van der Waals surface area contributed by atoms with E-state index in [0.29, 0.717) is 12.1 Å². The topological polar surface area (TPSA) is 40.5 Å². The van der Waals surface area contributed by atoms with Crippen LogP contribution < -0.4 is 0 Å². The average Bonchev–Trinajstić information content (AvgIpc) is 2.60. The zero-order valence-corrected chi connectivity index (χ0v) is 10.4. The van der Waals surface area contributed by atoms with Gasteiger partial charge in [-0.2, -0.15) is 0 Å². The van der Waals surface area contributed by atoms with E-state index in [-0.39, 0.29) is 11.4 Å². The van der Waals surface area contributed by atoms with Gasteiger partial charge in [-0.1, -0.05) is 12.8 Å². The zero-order chi connectivity index (χ0) is 13.0. The molecule has 1 aromatic rings. The van der Waals surface area contributed by atoms with Gasteiger partial charge in [-0.25, -0.2) is 9.18 Å². The molecular formula is C14H18FNO2. The highest BCUT2D eigenvalue weighted by Crippen LogP contribution is 2.16. The SMILES string of the molecule is O=C(O)c1ccc(F)c(CN2CCCCCC2)c1. The number of carboxylic acids is 1. The van der Waals surface area contributed by atoms with Crippen molar-refractivity contribution in [2.75, 3.05) is 13.1 Å². The van der Waals surface area contributed by atoms with Crippen molar-refractivity contribution in [3.05, 3.63) is 35.1 Å². The zero-order valence-electron chi connectivity index (χ0n) is 10.4. The molecule has 0 saturated carbocycles. The van der Waals surface area contributed by atoms with Gasteiger partial charge in [-0.3, -0.25) is 4.90 Å². The van der Waals surface area contributed by atoms with Crippen molar-refractivity contribution in [1.29, 1.82) is 0 Å². The fourth-order valence-corrected chi connectivity index (χ4v) is 2.36. The molecule has 0 unspecified atom stereocenters. The van der Waals surface area contributed by atoms with Crippen molar-refractivity contribution in [1.82, 2.24) is 4.90 Å². The van der Waals surface area contributed by atoms with Crippen molar-refractivity contribution < 1.29 is 14.3 Å². The predicted molar refractivity (Wildman–Crippen MR) is 67.1 cm³/mol. The normalized spacial score (nSPS) is 17.4. The molecule has 1 aromatic carbocycles. The standard InChI is InChI=1S/C14H18FNO2/c15-13-6-5-11(14(17)18)9-12(13)10-16-7-3-1-2-4-8-16/h5-6,9H,1-4,7-8,10H2,(H,17,18). The van der Waals surface area contributed by atoms with Gasteiger partial charge in [0.15, 0.2) is 0 Å². The maximum absolute atomic E-state index is 13.7. The Labute approximate surface area is 106 Å². The summed E-state index contributed by atoms with van der Waals surface area (Å²) in [4.78, 5) is 13.1. The lowest BCUT2D eigenvalue weighted by atomic mass is 10.1. The van der Waals surface area contributed by atoms with E-state index in [1.54, 1.807) is 0 Å². The molecule has 3 nitrogen and oxygen atoms in total. The minimum Gasteiger partial charge on any atom is -0.478 e. The van der Waals surface area contributed by atoms with Crippen LogP contribution in [0.5, 0.6) is 0 Å². The van der Waals surface area contributed by atoms with E-state index >= 15 is 0 Å². The van der Waals surface area contributed by atoms with Crippen LogP contribution in [-0.2, 0) is 6.54 Å². The summed E-state index contributed by atoms with van der Waals surface area (Å²) < 4.78 is 13.7. The monoisotopic (exact) mass is 251 g/mol. The van der Waals surface area contributed by atoms with Crippen LogP contribution in [0.15, 0.2) is 18.2 Å². The van der Waals surface area contributed by atoms with Crippen LogP contribution >= 0.6 is 0 Å². The number of hydrogen-bond donors (Lipinski definition) is 1. The first-order valence-electron chi connectivity index (χ1n) is 6.41. The lowest BCUT2D eigenvalue weighted by Gasteiger charge is -2.20. The molecule has 0 radical (unpaired) electrons. The molecule has 0 bridgehead atoms. The summed E-state index contributed by atoms with van der Waals surface area (Å²) in [5, 5.41) is 8.91. The van der Waals surface area contributed by atoms with Crippen molar-refractivity contribution in [3.63, 3.8) is 0 Å². The Balaban J connectivity index is 2.11. The molecule has 18 heavy (non-hydrogen) atoms. The third-order valence-corrected chi connectivity index (χ3v) is 3.39.